The van der Waals surface area contributed by atoms with Gasteiger partial charge < -0.3 is 19.7 Å². The van der Waals surface area contributed by atoms with E-state index in [9.17, 15) is 9.90 Å². The number of aliphatic hydroxyl groups excluding tert-OH is 1. The van der Waals surface area contributed by atoms with Gasteiger partial charge in [-0.15, -0.1) is 0 Å². The van der Waals surface area contributed by atoms with Gasteiger partial charge >= 0.3 is 0 Å². The van der Waals surface area contributed by atoms with Crippen LogP contribution < -0.4 is 0 Å². The predicted octanol–water partition coefficient (Wildman–Crippen LogP) is 5.67. The first kappa shape index (κ1) is 24.5. The van der Waals surface area contributed by atoms with Crippen LogP contribution in [0.4, 0.5) is 0 Å². The lowest BCUT2D eigenvalue weighted by atomic mass is 9.44. The monoisotopic (exact) mass is 458 g/mol. The van der Waals surface area contributed by atoms with E-state index in [1.54, 1.807) is 0 Å². The van der Waals surface area contributed by atoms with Crippen molar-refractivity contribution in [2.75, 3.05) is 6.61 Å². The van der Waals surface area contributed by atoms with Crippen molar-refractivity contribution in [3.05, 3.63) is 23.0 Å². The first-order valence-corrected chi connectivity index (χ1v) is 13.1. The Labute approximate surface area is 198 Å². The van der Waals surface area contributed by atoms with Gasteiger partial charge in [0.05, 0.1) is 23.9 Å². The van der Waals surface area contributed by atoms with Crippen molar-refractivity contribution >= 4 is 12.3 Å². The molecule has 5 aliphatic carbocycles. The van der Waals surface area contributed by atoms with Crippen molar-refractivity contribution in [1.29, 1.82) is 0 Å². The number of aldehydes is 1. The molecule has 0 aromatic rings. The summed E-state index contributed by atoms with van der Waals surface area (Å²) in [5.74, 6) is 2.31. The number of carboxylic acids is 1. The van der Waals surface area contributed by atoms with E-state index in [0.717, 1.165) is 77.7 Å². The third kappa shape index (κ3) is 4.31. The molecule has 2 N–H and O–H groups in total. The number of hydrogen-bond acceptors (Lipinski definition) is 4. The second kappa shape index (κ2) is 9.56. The Hall–Kier alpha value is -1.62. The second-order valence-electron chi connectivity index (χ2n) is 11.6. The minimum Gasteiger partial charge on any atom is -0.498 e. The van der Waals surface area contributed by atoms with Crippen molar-refractivity contribution in [3.8, 4) is 0 Å². The molecule has 0 spiro atoms. The average Bonchev–Trinajstić information content (AvgIpc) is 3.40. The summed E-state index contributed by atoms with van der Waals surface area (Å²) in [5, 5.41) is 18.3. The normalized spacial score (nSPS) is 41.7. The summed E-state index contributed by atoms with van der Waals surface area (Å²) in [6.45, 7) is 6.48. The van der Waals surface area contributed by atoms with Crippen LogP contribution in [0.1, 0.15) is 91.4 Å². The maximum atomic E-state index is 12.7. The molecule has 5 nitrogen and oxygen atoms in total. The highest BCUT2D eigenvalue weighted by atomic mass is 16.5. The Morgan fingerprint density at radius 3 is 2.61 bits per heavy atom. The van der Waals surface area contributed by atoms with Crippen LogP contribution in [0.25, 0.3) is 0 Å². The molecular formula is C28H42O5. The van der Waals surface area contributed by atoms with Crippen LogP contribution in [-0.4, -0.2) is 35.2 Å². The minimum atomic E-state index is -0.833. The van der Waals surface area contributed by atoms with Crippen LogP contribution in [0.3, 0.4) is 0 Å². The molecule has 0 radical (unpaired) electrons. The molecule has 7 atom stereocenters. The molecule has 0 aromatic heterocycles. The topological polar surface area (TPSA) is 83.8 Å². The van der Waals surface area contributed by atoms with Crippen LogP contribution in [0.15, 0.2) is 23.0 Å². The summed E-state index contributed by atoms with van der Waals surface area (Å²) < 4.78 is 6.37. The van der Waals surface area contributed by atoms with E-state index in [0.29, 0.717) is 23.7 Å². The first-order chi connectivity index (χ1) is 15.7. The molecule has 0 aromatic carbocycles. The molecule has 0 bridgehead atoms. The van der Waals surface area contributed by atoms with E-state index in [2.05, 4.69) is 19.9 Å². The maximum Gasteiger partial charge on any atom is 0.300 e. The number of carbonyl (C=O) groups is 2. The number of carbonyl (C=O) groups excluding carboxylic acids is 1. The number of allylic oxidation sites excluding steroid dienone is 4. The van der Waals surface area contributed by atoms with Crippen molar-refractivity contribution in [2.24, 2.45) is 34.5 Å². The predicted molar refractivity (Wildman–Crippen MR) is 127 cm³/mol. The summed E-state index contributed by atoms with van der Waals surface area (Å²) in [5.41, 5.74) is 2.74. The van der Waals surface area contributed by atoms with E-state index < -0.39 is 5.97 Å². The van der Waals surface area contributed by atoms with Gasteiger partial charge in [-0.2, -0.15) is 0 Å². The standard InChI is InChI=1S/C26H38O3.C2H4O2/c1-17-6-5-12-26(16-27)21-11-13-25(2)20(9-10-23(25)28)24(21)18(14-22(17)26)15-29-19-7-3-4-8-19;1-2(3)4/h7,16,18,20-21,23-24,28H,3-6,8-15H2,1-2H3;1H3,(H,3,4)/t18-,20-,21-,23-,24-,25-,26-;/m0./s1. The Kier molecular flexibility index (Phi) is 7.10. The lowest BCUT2D eigenvalue weighted by Gasteiger charge is -2.59. The molecule has 3 fully saturated rings. The molecule has 0 saturated heterocycles. The van der Waals surface area contributed by atoms with Crippen molar-refractivity contribution < 1.29 is 24.5 Å². The molecule has 5 rings (SSSR count). The van der Waals surface area contributed by atoms with Crippen LogP contribution in [0, 0.1) is 34.5 Å². The Morgan fingerprint density at radius 2 is 1.94 bits per heavy atom. The van der Waals surface area contributed by atoms with E-state index in [-0.39, 0.29) is 16.9 Å². The molecule has 0 amide bonds. The summed E-state index contributed by atoms with van der Waals surface area (Å²) in [6, 6.07) is 0. The fraction of sp³-hybridized carbons (Fsp3) is 0.786. The van der Waals surface area contributed by atoms with Crippen LogP contribution in [0.5, 0.6) is 0 Å². The highest BCUT2D eigenvalue weighted by Crippen LogP contribution is 2.66. The molecular weight excluding hydrogens is 416 g/mol. The van der Waals surface area contributed by atoms with E-state index in [1.807, 2.05) is 0 Å². The Balaban J connectivity index is 0.000000601. The first-order valence-electron chi connectivity index (χ1n) is 13.1. The smallest absolute Gasteiger partial charge is 0.300 e. The summed E-state index contributed by atoms with van der Waals surface area (Å²) in [7, 11) is 0. The molecule has 0 heterocycles. The van der Waals surface area contributed by atoms with Crippen molar-refractivity contribution in [1.82, 2.24) is 0 Å². The largest absolute Gasteiger partial charge is 0.498 e. The van der Waals surface area contributed by atoms with Gasteiger partial charge in [0.15, 0.2) is 0 Å². The number of hydrogen-bond donors (Lipinski definition) is 2. The zero-order valence-corrected chi connectivity index (χ0v) is 20.6. The molecule has 184 valence electrons. The zero-order chi connectivity index (χ0) is 23.8. The number of aliphatic hydroxyl groups is 1. The van der Waals surface area contributed by atoms with Crippen molar-refractivity contribution in [2.45, 2.75) is 97.5 Å². The summed E-state index contributed by atoms with van der Waals surface area (Å²) in [4.78, 5) is 21.7. The number of aliphatic carboxylic acids is 1. The summed E-state index contributed by atoms with van der Waals surface area (Å²) in [6.07, 6.45) is 15.5. The van der Waals surface area contributed by atoms with E-state index in [4.69, 9.17) is 14.6 Å². The van der Waals surface area contributed by atoms with Gasteiger partial charge in [0.25, 0.3) is 5.97 Å². The highest BCUT2D eigenvalue weighted by Gasteiger charge is 2.62. The minimum absolute atomic E-state index is 0.0288. The molecule has 0 unspecified atom stereocenters. The van der Waals surface area contributed by atoms with Crippen LogP contribution in [0.2, 0.25) is 0 Å². The van der Waals surface area contributed by atoms with Gasteiger partial charge in [0.2, 0.25) is 0 Å². The fourth-order valence-electron chi connectivity index (χ4n) is 8.32. The van der Waals surface area contributed by atoms with E-state index >= 15 is 0 Å². The van der Waals surface area contributed by atoms with Gasteiger partial charge in [0.1, 0.15) is 6.29 Å². The second-order valence-corrected chi connectivity index (χ2v) is 11.6. The third-order valence-electron chi connectivity index (χ3n) is 9.87. The Bertz CT molecular complexity index is 824. The number of ether oxygens (including phenoxy) is 1. The number of rotatable bonds is 4. The SMILES string of the molecule is CC(=O)O.CC1=C2C[C@@H](COC3=CCCC3)[C@H]3[C@@H]4CC[C@H](O)[C@@]4(C)CC[C@@H]3[C@@]2(C=O)CCC1. The van der Waals surface area contributed by atoms with Gasteiger partial charge in [-0.3, -0.25) is 4.79 Å². The lowest BCUT2D eigenvalue weighted by Crippen LogP contribution is -2.56. The molecule has 33 heavy (non-hydrogen) atoms. The van der Waals surface area contributed by atoms with Gasteiger partial charge in [-0.05, 0) is 100 Å². The van der Waals surface area contributed by atoms with Gasteiger partial charge in [-0.1, -0.05) is 18.1 Å². The number of fused-ring (bicyclic) bond motifs is 5. The third-order valence-corrected chi connectivity index (χ3v) is 9.87. The Morgan fingerprint density at radius 1 is 1.18 bits per heavy atom. The molecule has 5 heteroatoms. The van der Waals surface area contributed by atoms with E-state index in [1.165, 1.54) is 29.6 Å². The van der Waals surface area contributed by atoms with Crippen LogP contribution in [-0.2, 0) is 14.3 Å². The van der Waals surface area contributed by atoms with Gasteiger partial charge in [-0.25, -0.2) is 0 Å². The quantitative estimate of drug-likeness (QED) is 0.419. The zero-order valence-electron chi connectivity index (χ0n) is 20.6. The maximum absolute atomic E-state index is 12.7. The summed E-state index contributed by atoms with van der Waals surface area (Å²) >= 11 is 0. The highest BCUT2D eigenvalue weighted by molar-refractivity contribution is 5.68. The lowest BCUT2D eigenvalue weighted by molar-refractivity contribution is -0.136. The van der Waals surface area contributed by atoms with Gasteiger partial charge in [0, 0.05) is 19.3 Å². The number of carboxylic acid groups (broad SMARTS) is 1. The molecule has 5 aliphatic rings. The molecule has 0 aliphatic heterocycles. The van der Waals surface area contributed by atoms with Crippen LogP contribution >= 0.6 is 0 Å². The van der Waals surface area contributed by atoms with Crippen molar-refractivity contribution in [3.63, 3.8) is 0 Å². The fourth-order valence-corrected chi connectivity index (χ4v) is 8.32. The average molecular weight is 459 g/mol. The molecule has 3 saturated carbocycles.